The Kier molecular flexibility index (Phi) is 3.23. The highest BCUT2D eigenvalue weighted by molar-refractivity contribution is 5.95. The van der Waals surface area contributed by atoms with Crippen LogP contribution in [0.15, 0.2) is 30.3 Å². The minimum absolute atomic E-state index is 0.0882. The molecule has 1 heterocycles. The number of rotatable bonds is 1. The summed E-state index contributed by atoms with van der Waals surface area (Å²) in [5, 5.41) is 0. The summed E-state index contributed by atoms with van der Waals surface area (Å²) >= 11 is 0. The maximum absolute atomic E-state index is 12.5. The van der Waals surface area contributed by atoms with Crippen molar-refractivity contribution in [3.05, 3.63) is 30.3 Å². The minimum atomic E-state index is 0.0882. The van der Waals surface area contributed by atoms with Crippen molar-refractivity contribution in [1.82, 2.24) is 0 Å². The van der Waals surface area contributed by atoms with E-state index in [1.165, 1.54) is 0 Å². The summed E-state index contributed by atoms with van der Waals surface area (Å²) < 4.78 is 0. The van der Waals surface area contributed by atoms with Gasteiger partial charge in [-0.25, -0.2) is 0 Å². The molecule has 1 aromatic carbocycles. The van der Waals surface area contributed by atoms with Crippen LogP contribution in [-0.4, -0.2) is 12.5 Å². The second-order valence-corrected chi connectivity index (χ2v) is 5.64. The number of carbonyl (C=O) groups is 1. The largest absolute Gasteiger partial charge is 0.312 e. The van der Waals surface area contributed by atoms with Crippen molar-refractivity contribution in [2.45, 2.75) is 33.6 Å². The number of para-hydroxylation sites is 1. The molecule has 17 heavy (non-hydrogen) atoms. The van der Waals surface area contributed by atoms with Crippen LogP contribution < -0.4 is 4.90 Å². The van der Waals surface area contributed by atoms with Crippen LogP contribution in [0.3, 0.4) is 0 Å². The lowest BCUT2D eigenvalue weighted by Crippen LogP contribution is -2.38. The summed E-state index contributed by atoms with van der Waals surface area (Å²) in [4.78, 5) is 14.4. The van der Waals surface area contributed by atoms with E-state index in [9.17, 15) is 4.79 Å². The van der Waals surface area contributed by atoms with Gasteiger partial charge in [-0.05, 0) is 30.4 Å². The van der Waals surface area contributed by atoms with Crippen LogP contribution >= 0.6 is 0 Å². The second-order valence-electron chi connectivity index (χ2n) is 5.64. The zero-order chi connectivity index (χ0) is 12.5. The zero-order valence-corrected chi connectivity index (χ0v) is 10.9. The van der Waals surface area contributed by atoms with Crippen molar-refractivity contribution < 1.29 is 4.79 Å². The maximum atomic E-state index is 12.5. The summed E-state index contributed by atoms with van der Waals surface area (Å²) in [5.74, 6) is 0.351. The average Bonchev–Trinajstić information content (AvgIpc) is 2.42. The van der Waals surface area contributed by atoms with Gasteiger partial charge >= 0.3 is 0 Å². The van der Waals surface area contributed by atoms with E-state index in [4.69, 9.17) is 0 Å². The highest BCUT2D eigenvalue weighted by Gasteiger charge is 2.36. The van der Waals surface area contributed by atoms with Gasteiger partial charge in [0.25, 0.3) is 0 Å². The number of anilines is 1. The van der Waals surface area contributed by atoms with Gasteiger partial charge in [0.05, 0.1) is 0 Å². The Morgan fingerprint density at radius 1 is 1.24 bits per heavy atom. The fourth-order valence-electron chi connectivity index (χ4n) is 2.45. The minimum Gasteiger partial charge on any atom is -0.312 e. The molecule has 1 aromatic rings. The molecule has 1 unspecified atom stereocenters. The molecule has 1 atom stereocenters. The van der Waals surface area contributed by atoms with Crippen molar-refractivity contribution in [3.8, 4) is 0 Å². The van der Waals surface area contributed by atoms with Crippen molar-refractivity contribution in [1.29, 1.82) is 0 Å². The number of carbonyl (C=O) groups excluding carboxylic acids is 1. The standard InChI is InChI=1S/C15H21NO/c1-12-14(17)16(11-7-10-15(12,2)3)13-8-5-4-6-9-13/h4-6,8-9,12H,7,10-11H2,1-3H3. The van der Waals surface area contributed by atoms with Crippen molar-refractivity contribution in [2.24, 2.45) is 11.3 Å². The first-order valence-electron chi connectivity index (χ1n) is 6.39. The van der Waals surface area contributed by atoms with E-state index in [0.717, 1.165) is 25.1 Å². The Labute approximate surface area is 104 Å². The third-order valence-electron chi connectivity index (χ3n) is 4.08. The quantitative estimate of drug-likeness (QED) is 0.724. The highest BCUT2D eigenvalue weighted by Crippen LogP contribution is 2.36. The number of hydrogen-bond donors (Lipinski definition) is 0. The molecule has 0 aromatic heterocycles. The van der Waals surface area contributed by atoms with Crippen molar-refractivity contribution in [2.75, 3.05) is 11.4 Å². The fourth-order valence-corrected chi connectivity index (χ4v) is 2.45. The number of amides is 1. The molecule has 2 rings (SSSR count). The van der Waals surface area contributed by atoms with Gasteiger partial charge < -0.3 is 4.90 Å². The molecule has 1 fully saturated rings. The van der Waals surface area contributed by atoms with Crippen LogP contribution in [0, 0.1) is 11.3 Å². The van der Waals surface area contributed by atoms with Gasteiger partial charge in [0.15, 0.2) is 0 Å². The van der Waals surface area contributed by atoms with Gasteiger partial charge in [0.2, 0.25) is 5.91 Å². The van der Waals surface area contributed by atoms with Crippen molar-refractivity contribution in [3.63, 3.8) is 0 Å². The van der Waals surface area contributed by atoms with E-state index in [-0.39, 0.29) is 17.2 Å². The third kappa shape index (κ3) is 2.36. The SMILES string of the molecule is CC1C(=O)N(c2ccccc2)CCCC1(C)C. The molecule has 1 amide bonds. The van der Waals surface area contributed by atoms with Crippen LogP contribution in [0.2, 0.25) is 0 Å². The fraction of sp³-hybridized carbons (Fsp3) is 0.533. The molecule has 1 aliphatic rings. The molecule has 0 spiro atoms. The monoisotopic (exact) mass is 231 g/mol. The Hall–Kier alpha value is -1.31. The molecule has 0 saturated carbocycles. The zero-order valence-electron chi connectivity index (χ0n) is 10.9. The Morgan fingerprint density at radius 3 is 2.53 bits per heavy atom. The van der Waals surface area contributed by atoms with Gasteiger partial charge in [-0.1, -0.05) is 39.0 Å². The first-order valence-corrected chi connectivity index (χ1v) is 6.39. The van der Waals surface area contributed by atoms with Gasteiger partial charge in [-0.2, -0.15) is 0 Å². The third-order valence-corrected chi connectivity index (χ3v) is 4.08. The molecule has 1 aliphatic heterocycles. The van der Waals surface area contributed by atoms with E-state index in [0.29, 0.717) is 0 Å². The second kappa shape index (κ2) is 4.52. The lowest BCUT2D eigenvalue weighted by atomic mass is 9.77. The van der Waals surface area contributed by atoms with Gasteiger partial charge in [-0.15, -0.1) is 0 Å². The number of nitrogens with zero attached hydrogens (tertiary/aromatic N) is 1. The molecule has 92 valence electrons. The Morgan fingerprint density at radius 2 is 1.88 bits per heavy atom. The molecule has 0 bridgehead atoms. The normalized spacial score (nSPS) is 24.5. The number of hydrogen-bond acceptors (Lipinski definition) is 1. The lowest BCUT2D eigenvalue weighted by molar-refractivity contribution is -0.124. The molecule has 0 radical (unpaired) electrons. The number of benzene rings is 1. The molecule has 1 saturated heterocycles. The predicted molar refractivity (Wildman–Crippen MR) is 71.0 cm³/mol. The van der Waals surface area contributed by atoms with E-state index >= 15 is 0 Å². The predicted octanol–water partition coefficient (Wildman–Crippen LogP) is 3.48. The maximum Gasteiger partial charge on any atom is 0.230 e. The van der Waals surface area contributed by atoms with Gasteiger partial charge in [-0.3, -0.25) is 4.79 Å². The van der Waals surface area contributed by atoms with Crippen LogP contribution in [0.4, 0.5) is 5.69 Å². The highest BCUT2D eigenvalue weighted by atomic mass is 16.2. The smallest absolute Gasteiger partial charge is 0.230 e. The summed E-state index contributed by atoms with van der Waals surface area (Å²) in [6.45, 7) is 7.30. The topological polar surface area (TPSA) is 20.3 Å². The van der Waals surface area contributed by atoms with E-state index in [1.807, 2.05) is 35.2 Å². The van der Waals surface area contributed by atoms with Crippen LogP contribution in [0.5, 0.6) is 0 Å². The molecule has 0 N–H and O–H groups in total. The van der Waals surface area contributed by atoms with Crippen LogP contribution in [-0.2, 0) is 4.79 Å². The average molecular weight is 231 g/mol. The summed E-state index contributed by atoms with van der Waals surface area (Å²) in [6, 6.07) is 10.00. The molecular formula is C15H21NO. The molecule has 2 heteroatoms. The molecule has 0 aliphatic carbocycles. The summed E-state index contributed by atoms with van der Waals surface area (Å²) in [7, 11) is 0. The lowest BCUT2D eigenvalue weighted by Gasteiger charge is -2.30. The Balaban J connectivity index is 2.28. The van der Waals surface area contributed by atoms with E-state index < -0.39 is 0 Å². The van der Waals surface area contributed by atoms with Gasteiger partial charge in [0, 0.05) is 18.2 Å². The first-order chi connectivity index (χ1) is 8.02. The summed E-state index contributed by atoms with van der Waals surface area (Å²) in [5.41, 5.74) is 1.14. The van der Waals surface area contributed by atoms with E-state index in [1.54, 1.807) is 0 Å². The van der Waals surface area contributed by atoms with Gasteiger partial charge in [0.1, 0.15) is 0 Å². The molecular weight excluding hydrogens is 210 g/mol. The Bertz CT molecular complexity index is 397. The van der Waals surface area contributed by atoms with Crippen LogP contribution in [0.1, 0.15) is 33.6 Å². The van der Waals surface area contributed by atoms with Crippen molar-refractivity contribution >= 4 is 11.6 Å². The van der Waals surface area contributed by atoms with E-state index in [2.05, 4.69) is 20.8 Å². The summed E-state index contributed by atoms with van der Waals surface area (Å²) in [6.07, 6.45) is 2.20. The first kappa shape index (κ1) is 12.2. The van der Waals surface area contributed by atoms with Crippen LogP contribution in [0.25, 0.3) is 0 Å². The molecule has 2 nitrogen and oxygen atoms in total.